The number of aromatic nitrogens is 1. The third-order valence-corrected chi connectivity index (χ3v) is 5.75. The first kappa shape index (κ1) is 15.7. The van der Waals surface area contributed by atoms with Crippen molar-refractivity contribution in [2.45, 2.75) is 18.7 Å². The number of aryl methyl sites for hydroxylation is 2. The summed E-state index contributed by atoms with van der Waals surface area (Å²) in [7, 11) is -3.65. The number of nitrogens with one attached hydrogen (secondary N) is 1. The van der Waals surface area contributed by atoms with Crippen LogP contribution in [-0.4, -0.2) is 13.4 Å². The van der Waals surface area contributed by atoms with Gasteiger partial charge >= 0.3 is 0 Å². The van der Waals surface area contributed by atoms with E-state index in [0.29, 0.717) is 5.69 Å². The molecule has 3 aromatic rings. The van der Waals surface area contributed by atoms with Crippen molar-refractivity contribution in [2.75, 3.05) is 4.72 Å². The lowest BCUT2D eigenvalue weighted by Crippen LogP contribution is -2.14. The van der Waals surface area contributed by atoms with E-state index in [2.05, 4.69) is 9.71 Å². The molecule has 0 aliphatic rings. The second-order valence-electron chi connectivity index (χ2n) is 5.25. The van der Waals surface area contributed by atoms with Gasteiger partial charge in [0.25, 0.3) is 10.0 Å². The Morgan fingerprint density at radius 2 is 1.91 bits per heavy atom. The van der Waals surface area contributed by atoms with Crippen molar-refractivity contribution in [2.24, 2.45) is 0 Å². The van der Waals surface area contributed by atoms with Crippen LogP contribution in [0.4, 0.5) is 5.69 Å². The van der Waals surface area contributed by atoms with Crippen LogP contribution in [0.2, 0.25) is 0 Å². The maximum absolute atomic E-state index is 12.5. The van der Waals surface area contributed by atoms with Gasteiger partial charge in [-0.15, -0.1) is 11.3 Å². The number of hydrogen-bond donors (Lipinski definition) is 1. The van der Waals surface area contributed by atoms with E-state index in [0.717, 1.165) is 21.7 Å². The molecule has 23 heavy (non-hydrogen) atoms. The first-order chi connectivity index (χ1) is 11.0. The monoisotopic (exact) mass is 344 g/mol. The lowest BCUT2D eigenvalue weighted by atomic mass is 10.1. The minimum Gasteiger partial charge on any atom is -0.279 e. The number of rotatable bonds is 4. The minimum absolute atomic E-state index is 0.157. The first-order valence-electron chi connectivity index (χ1n) is 7.06. The van der Waals surface area contributed by atoms with Crippen LogP contribution in [0.5, 0.6) is 0 Å². The number of thiophene rings is 1. The smallest absolute Gasteiger partial charge is 0.263 e. The Labute approximate surface area is 139 Å². The van der Waals surface area contributed by atoms with E-state index in [1.165, 1.54) is 6.20 Å². The maximum Gasteiger partial charge on any atom is 0.263 e. The van der Waals surface area contributed by atoms with Crippen LogP contribution in [-0.2, 0) is 10.0 Å². The molecule has 0 atom stereocenters. The third-order valence-electron chi connectivity index (χ3n) is 3.48. The molecule has 0 spiro atoms. The molecular formula is C17H16N2O2S2. The average molecular weight is 344 g/mol. The summed E-state index contributed by atoms with van der Waals surface area (Å²) in [4.78, 5) is 5.31. The maximum atomic E-state index is 12.5. The predicted octanol–water partition coefficient (Wildman–Crippen LogP) is 4.23. The van der Waals surface area contributed by atoms with Gasteiger partial charge < -0.3 is 0 Å². The Hall–Kier alpha value is -2.18. The van der Waals surface area contributed by atoms with E-state index in [-0.39, 0.29) is 4.90 Å². The van der Waals surface area contributed by atoms with Crippen LogP contribution in [0.1, 0.15) is 11.3 Å². The van der Waals surface area contributed by atoms with Gasteiger partial charge in [0, 0.05) is 16.8 Å². The molecule has 0 saturated carbocycles. The molecule has 4 nitrogen and oxygen atoms in total. The molecule has 2 aromatic heterocycles. The van der Waals surface area contributed by atoms with E-state index in [1.807, 2.05) is 49.6 Å². The minimum atomic E-state index is -3.65. The van der Waals surface area contributed by atoms with Crippen molar-refractivity contribution in [1.82, 2.24) is 4.98 Å². The molecule has 1 aromatic carbocycles. The summed E-state index contributed by atoms with van der Waals surface area (Å²) in [5.41, 5.74) is 3.22. The van der Waals surface area contributed by atoms with Crippen LogP contribution in [0, 0.1) is 13.8 Å². The highest BCUT2D eigenvalue weighted by Crippen LogP contribution is 2.29. The Morgan fingerprint density at radius 3 is 2.57 bits per heavy atom. The SMILES string of the molecule is Cc1ccc(S(=O)(=O)Nc2cc(-c3cccs3)ccc2C)cn1. The van der Waals surface area contributed by atoms with Gasteiger partial charge in [0.2, 0.25) is 0 Å². The molecule has 0 saturated heterocycles. The summed E-state index contributed by atoms with van der Waals surface area (Å²) in [6.07, 6.45) is 1.37. The molecule has 2 heterocycles. The lowest BCUT2D eigenvalue weighted by molar-refractivity contribution is 0.600. The molecule has 6 heteroatoms. The summed E-state index contributed by atoms with van der Waals surface area (Å²) >= 11 is 1.62. The molecular weight excluding hydrogens is 328 g/mol. The number of sulfonamides is 1. The summed E-state index contributed by atoms with van der Waals surface area (Å²) < 4.78 is 27.7. The van der Waals surface area contributed by atoms with Crippen LogP contribution < -0.4 is 4.72 Å². The van der Waals surface area contributed by atoms with E-state index in [9.17, 15) is 8.42 Å². The highest BCUT2D eigenvalue weighted by Gasteiger charge is 2.16. The van der Waals surface area contributed by atoms with Crippen LogP contribution >= 0.6 is 11.3 Å². The van der Waals surface area contributed by atoms with Crippen LogP contribution in [0.25, 0.3) is 10.4 Å². The van der Waals surface area contributed by atoms with Gasteiger partial charge in [0.1, 0.15) is 4.90 Å². The highest BCUT2D eigenvalue weighted by molar-refractivity contribution is 7.92. The number of anilines is 1. The Morgan fingerprint density at radius 1 is 1.09 bits per heavy atom. The molecule has 0 aliphatic carbocycles. The molecule has 0 fully saturated rings. The van der Waals surface area contributed by atoms with Crippen molar-refractivity contribution in [1.29, 1.82) is 0 Å². The normalized spacial score (nSPS) is 11.4. The zero-order valence-electron chi connectivity index (χ0n) is 12.8. The van der Waals surface area contributed by atoms with Crippen molar-refractivity contribution in [3.05, 3.63) is 65.3 Å². The Kier molecular flexibility index (Phi) is 4.19. The molecule has 0 bridgehead atoms. The van der Waals surface area contributed by atoms with Gasteiger partial charge in [-0.3, -0.25) is 9.71 Å². The molecule has 1 N–H and O–H groups in total. The second kappa shape index (κ2) is 6.14. The van der Waals surface area contributed by atoms with Gasteiger partial charge in [0.15, 0.2) is 0 Å². The Balaban J connectivity index is 1.96. The van der Waals surface area contributed by atoms with E-state index >= 15 is 0 Å². The van der Waals surface area contributed by atoms with E-state index < -0.39 is 10.0 Å². The quantitative estimate of drug-likeness (QED) is 0.770. The third kappa shape index (κ3) is 3.43. The summed E-state index contributed by atoms with van der Waals surface area (Å²) in [5.74, 6) is 0. The molecule has 3 rings (SSSR count). The predicted molar refractivity (Wildman–Crippen MR) is 94.3 cm³/mol. The van der Waals surface area contributed by atoms with Gasteiger partial charge in [-0.1, -0.05) is 18.2 Å². The van der Waals surface area contributed by atoms with Gasteiger partial charge in [-0.25, -0.2) is 8.42 Å². The van der Waals surface area contributed by atoms with Gasteiger partial charge in [0.05, 0.1) is 5.69 Å². The summed E-state index contributed by atoms with van der Waals surface area (Å²) in [6, 6.07) is 13.0. The zero-order valence-corrected chi connectivity index (χ0v) is 14.4. The summed E-state index contributed by atoms with van der Waals surface area (Å²) in [6.45, 7) is 3.70. The van der Waals surface area contributed by atoms with Crippen LogP contribution in [0.15, 0.2) is 58.9 Å². The second-order valence-corrected chi connectivity index (χ2v) is 7.88. The fourth-order valence-corrected chi connectivity index (χ4v) is 3.93. The van der Waals surface area contributed by atoms with Gasteiger partial charge in [-0.05, 0) is 54.6 Å². The topological polar surface area (TPSA) is 59.1 Å². The molecule has 0 aliphatic heterocycles. The molecule has 118 valence electrons. The van der Waals surface area contributed by atoms with E-state index in [4.69, 9.17) is 0 Å². The fraction of sp³-hybridized carbons (Fsp3) is 0.118. The average Bonchev–Trinajstić information content (AvgIpc) is 3.04. The standard InChI is InChI=1S/C17H16N2O2S2/c1-12-5-7-14(17-4-3-9-22-17)10-16(12)19-23(20,21)15-8-6-13(2)18-11-15/h3-11,19H,1-2H3. The van der Waals surface area contributed by atoms with Crippen molar-refractivity contribution in [3.8, 4) is 10.4 Å². The van der Waals surface area contributed by atoms with Crippen molar-refractivity contribution < 1.29 is 8.42 Å². The molecule has 0 radical (unpaired) electrons. The number of benzene rings is 1. The highest BCUT2D eigenvalue weighted by atomic mass is 32.2. The molecule has 0 unspecified atom stereocenters. The fourth-order valence-electron chi connectivity index (χ4n) is 2.14. The lowest BCUT2D eigenvalue weighted by Gasteiger charge is -2.12. The first-order valence-corrected chi connectivity index (χ1v) is 9.42. The summed E-state index contributed by atoms with van der Waals surface area (Å²) in [5, 5.41) is 2.00. The largest absolute Gasteiger partial charge is 0.279 e. The zero-order chi connectivity index (χ0) is 16.4. The number of pyridine rings is 1. The number of nitrogens with zero attached hydrogens (tertiary/aromatic N) is 1. The van der Waals surface area contributed by atoms with Crippen molar-refractivity contribution in [3.63, 3.8) is 0 Å². The van der Waals surface area contributed by atoms with E-state index in [1.54, 1.807) is 23.5 Å². The van der Waals surface area contributed by atoms with Gasteiger partial charge in [-0.2, -0.15) is 0 Å². The van der Waals surface area contributed by atoms with Crippen molar-refractivity contribution >= 4 is 27.0 Å². The Bertz CT molecular complexity index is 916. The molecule has 0 amide bonds. The van der Waals surface area contributed by atoms with Crippen LogP contribution in [0.3, 0.4) is 0 Å². The number of hydrogen-bond acceptors (Lipinski definition) is 4.